The summed E-state index contributed by atoms with van der Waals surface area (Å²) >= 11 is 0. The summed E-state index contributed by atoms with van der Waals surface area (Å²) in [6, 6.07) is 1.84. The van der Waals surface area contributed by atoms with Crippen LogP contribution in [0.1, 0.15) is 26.2 Å². The molecule has 2 heterocycles. The van der Waals surface area contributed by atoms with Gasteiger partial charge in [0.05, 0.1) is 0 Å². The summed E-state index contributed by atoms with van der Waals surface area (Å²) in [4.78, 5) is 13.1. The Bertz CT molecular complexity index is 574. The molecule has 2 N–H and O–H groups in total. The summed E-state index contributed by atoms with van der Waals surface area (Å²) in [5, 5.41) is 10.4. The Labute approximate surface area is 117 Å². The molecular weight excluding hydrogens is 254 g/mol. The van der Waals surface area contributed by atoms with Crippen LogP contribution in [0.25, 0.3) is 5.95 Å². The van der Waals surface area contributed by atoms with Gasteiger partial charge in [-0.3, -0.25) is 0 Å². The molecule has 1 saturated carbocycles. The van der Waals surface area contributed by atoms with Crippen molar-refractivity contribution in [1.29, 1.82) is 0 Å². The van der Waals surface area contributed by atoms with Gasteiger partial charge in [0.1, 0.15) is 0 Å². The quantitative estimate of drug-likeness (QED) is 0.834. The van der Waals surface area contributed by atoms with E-state index in [9.17, 15) is 0 Å². The zero-order valence-corrected chi connectivity index (χ0v) is 11.8. The Morgan fingerprint density at radius 2 is 2.05 bits per heavy atom. The molecule has 0 radical (unpaired) electrons. The minimum Gasteiger partial charge on any atom is -0.357 e. The lowest BCUT2D eigenvalue weighted by molar-refractivity contribution is 0.519. The molecule has 1 aliphatic rings. The number of hydrogen-bond donors (Lipinski definition) is 2. The predicted octanol–water partition coefficient (Wildman–Crippen LogP) is 1.70. The fraction of sp³-hybridized carbons (Fsp3) is 0.538. The lowest BCUT2D eigenvalue weighted by Gasteiger charge is -2.14. The Morgan fingerprint density at radius 3 is 2.65 bits per heavy atom. The van der Waals surface area contributed by atoms with E-state index in [0.717, 1.165) is 6.54 Å². The molecule has 1 fully saturated rings. The van der Waals surface area contributed by atoms with Crippen LogP contribution in [0.2, 0.25) is 0 Å². The van der Waals surface area contributed by atoms with Crippen LogP contribution in [0.15, 0.2) is 18.5 Å². The second-order valence-corrected chi connectivity index (χ2v) is 5.19. The van der Waals surface area contributed by atoms with Crippen LogP contribution in [0.3, 0.4) is 0 Å². The van der Waals surface area contributed by atoms with Crippen LogP contribution < -0.4 is 10.6 Å². The summed E-state index contributed by atoms with van der Waals surface area (Å²) in [7, 11) is 1.79. The highest BCUT2D eigenvalue weighted by Crippen LogP contribution is 2.48. The van der Waals surface area contributed by atoms with Crippen LogP contribution in [-0.2, 0) is 0 Å². The van der Waals surface area contributed by atoms with Gasteiger partial charge in [-0.15, -0.1) is 0 Å². The van der Waals surface area contributed by atoms with Crippen molar-refractivity contribution >= 4 is 11.9 Å². The van der Waals surface area contributed by atoms with Crippen molar-refractivity contribution in [3.63, 3.8) is 0 Å². The third kappa shape index (κ3) is 2.56. The van der Waals surface area contributed by atoms with Crippen LogP contribution in [0.5, 0.6) is 0 Å². The SMILES string of the molecule is CCC1(CNc2nc(NC)nc(-n3cccn3)n2)CC1. The maximum Gasteiger partial charge on any atom is 0.257 e. The average Bonchev–Trinajstić information content (AvgIpc) is 3.06. The second kappa shape index (κ2) is 5.07. The van der Waals surface area contributed by atoms with E-state index < -0.39 is 0 Å². The summed E-state index contributed by atoms with van der Waals surface area (Å²) in [6.07, 6.45) is 7.27. The van der Waals surface area contributed by atoms with Crippen LogP contribution >= 0.6 is 0 Å². The van der Waals surface area contributed by atoms with Crippen molar-refractivity contribution in [2.24, 2.45) is 5.41 Å². The highest BCUT2D eigenvalue weighted by molar-refractivity contribution is 5.37. The van der Waals surface area contributed by atoms with Gasteiger partial charge >= 0.3 is 0 Å². The maximum absolute atomic E-state index is 4.42. The molecule has 106 valence electrons. The highest BCUT2D eigenvalue weighted by atomic mass is 15.4. The number of nitrogens with zero attached hydrogens (tertiary/aromatic N) is 5. The molecule has 20 heavy (non-hydrogen) atoms. The molecule has 1 aliphatic carbocycles. The number of aromatic nitrogens is 5. The molecule has 0 aromatic carbocycles. The first kappa shape index (κ1) is 12.8. The zero-order chi connectivity index (χ0) is 14.0. The summed E-state index contributed by atoms with van der Waals surface area (Å²) in [6.45, 7) is 3.14. The molecule has 7 nitrogen and oxygen atoms in total. The minimum absolute atomic E-state index is 0.443. The lowest BCUT2D eigenvalue weighted by atomic mass is 10.0. The highest BCUT2D eigenvalue weighted by Gasteiger charge is 2.40. The van der Waals surface area contributed by atoms with Gasteiger partial charge in [-0.1, -0.05) is 6.92 Å². The van der Waals surface area contributed by atoms with E-state index in [-0.39, 0.29) is 0 Å². The molecule has 3 rings (SSSR count). The van der Waals surface area contributed by atoms with Gasteiger partial charge in [-0.05, 0) is 30.7 Å². The summed E-state index contributed by atoms with van der Waals surface area (Å²) < 4.78 is 1.63. The molecule has 0 amide bonds. The molecule has 0 unspecified atom stereocenters. The third-order valence-corrected chi connectivity index (χ3v) is 3.89. The standard InChI is InChI=1S/C13H19N7/c1-3-13(5-6-13)9-15-11-17-10(14-2)18-12(19-11)20-8-4-7-16-20/h4,7-8H,3,5-6,9H2,1-2H3,(H2,14,15,17,18,19). The van der Waals surface area contributed by atoms with Crippen LogP contribution in [0, 0.1) is 5.41 Å². The number of hydrogen-bond acceptors (Lipinski definition) is 6. The Hall–Kier alpha value is -2.18. The predicted molar refractivity (Wildman–Crippen MR) is 76.9 cm³/mol. The number of rotatable bonds is 6. The first-order valence-corrected chi connectivity index (χ1v) is 6.92. The van der Waals surface area contributed by atoms with E-state index in [1.807, 2.05) is 12.3 Å². The van der Waals surface area contributed by atoms with E-state index in [1.54, 1.807) is 17.9 Å². The van der Waals surface area contributed by atoms with Crippen molar-refractivity contribution in [3.05, 3.63) is 18.5 Å². The Kier molecular flexibility index (Phi) is 3.25. The fourth-order valence-electron chi connectivity index (χ4n) is 2.14. The van der Waals surface area contributed by atoms with Crippen LogP contribution in [0.4, 0.5) is 11.9 Å². The molecular formula is C13H19N7. The van der Waals surface area contributed by atoms with E-state index >= 15 is 0 Å². The van der Waals surface area contributed by atoms with E-state index in [2.05, 4.69) is 37.6 Å². The van der Waals surface area contributed by atoms with Gasteiger partial charge in [0, 0.05) is 26.0 Å². The molecule has 0 bridgehead atoms. The summed E-state index contributed by atoms with van der Waals surface area (Å²) in [5.41, 5.74) is 0.443. The van der Waals surface area contributed by atoms with Crippen molar-refractivity contribution in [2.75, 3.05) is 24.2 Å². The van der Waals surface area contributed by atoms with E-state index in [1.165, 1.54) is 19.3 Å². The van der Waals surface area contributed by atoms with E-state index in [0.29, 0.717) is 23.3 Å². The monoisotopic (exact) mass is 273 g/mol. The lowest BCUT2D eigenvalue weighted by Crippen LogP contribution is -2.18. The van der Waals surface area contributed by atoms with E-state index in [4.69, 9.17) is 0 Å². The normalized spacial score (nSPS) is 15.9. The van der Waals surface area contributed by atoms with Gasteiger partial charge in [0.15, 0.2) is 0 Å². The largest absolute Gasteiger partial charge is 0.357 e. The first-order valence-electron chi connectivity index (χ1n) is 6.92. The van der Waals surface area contributed by atoms with Crippen LogP contribution in [-0.4, -0.2) is 38.3 Å². The molecule has 2 aromatic heterocycles. The van der Waals surface area contributed by atoms with Crippen molar-refractivity contribution in [2.45, 2.75) is 26.2 Å². The third-order valence-electron chi connectivity index (χ3n) is 3.89. The molecule has 0 spiro atoms. The number of anilines is 2. The smallest absolute Gasteiger partial charge is 0.257 e. The van der Waals surface area contributed by atoms with Crippen molar-refractivity contribution < 1.29 is 0 Å². The Balaban J connectivity index is 1.81. The fourth-order valence-corrected chi connectivity index (χ4v) is 2.14. The van der Waals surface area contributed by atoms with Crippen molar-refractivity contribution in [1.82, 2.24) is 24.7 Å². The maximum atomic E-state index is 4.42. The van der Waals surface area contributed by atoms with Gasteiger partial charge in [0.25, 0.3) is 5.95 Å². The van der Waals surface area contributed by atoms with Gasteiger partial charge in [0.2, 0.25) is 11.9 Å². The topological polar surface area (TPSA) is 80.5 Å². The van der Waals surface area contributed by atoms with Gasteiger partial charge < -0.3 is 10.6 Å². The van der Waals surface area contributed by atoms with Crippen molar-refractivity contribution in [3.8, 4) is 5.95 Å². The van der Waals surface area contributed by atoms with Gasteiger partial charge in [-0.2, -0.15) is 20.1 Å². The second-order valence-electron chi connectivity index (χ2n) is 5.19. The average molecular weight is 273 g/mol. The molecule has 2 aromatic rings. The van der Waals surface area contributed by atoms with Gasteiger partial charge in [-0.25, -0.2) is 4.68 Å². The molecule has 0 aliphatic heterocycles. The summed E-state index contributed by atoms with van der Waals surface area (Å²) in [5.74, 6) is 1.64. The Morgan fingerprint density at radius 1 is 1.25 bits per heavy atom. The minimum atomic E-state index is 0.443. The molecule has 7 heteroatoms. The first-order chi connectivity index (χ1) is 9.74. The number of nitrogens with one attached hydrogen (secondary N) is 2. The molecule has 0 atom stereocenters. The molecule has 0 saturated heterocycles. The zero-order valence-electron chi connectivity index (χ0n) is 11.8.